The number of imidazole rings is 1. The third kappa shape index (κ3) is 2.35. The van der Waals surface area contributed by atoms with Crippen molar-refractivity contribution in [3.05, 3.63) is 40.8 Å². The molecule has 0 aliphatic heterocycles. The molecule has 2 rings (SSSR count). The van der Waals surface area contributed by atoms with Crippen LogP contribution in [0, 0.1) is 0 Å². The maximum absolute atomic E-state index is 6.20. The molecular formula is C13H16ClN3. The van der Waals surface area contributed by atoms with Crippen molar-refractivity contribution in [2.24, 2.45) is 5.73 Å². The Morgan fingerprint density at radius 2 is 2.06 bits per heavy atom. The predicted octanol–water partition coefficient (Wildman–Crippen LogP) is 3.31. The molecule has 3 N–H and O–H groups in total. The topological polar surface area (TPSA) is 54.7 Å². The highest BCUT2D eigenvalue weighted by atomic mass is 35.5. The monoisotopic (exact) mass is 249 g/mol. The van der Waals surface area contributed by atoms with Crippen LogP contribution < -0.4 is 5.73 Å². The van der Waals surface area contributed by atoms with E-state index in [9.17, 15) is 0 Å². The number of hydrogen-bond donors (Lipinski definition) is 2. The fourth-order valence-corrected chi connectivity index (χ4v) is 2.04. The van der Waals surface area contributed by atoms with Gasteiger partial charge >= 0.3 is 0 Å². The van der Waals surface area contributed by atoms with Crippen molar-refractivity contribution < 1.29 is 0 Å². The van der Waals surface area contributed by atoms with Crippen molar-refractivity contribution in [2.75, 3.05) is 0 Å². The Kier molecular flexibility index (Phi) is 3.50. The van der Waals surface area contributed by atoms with Crippen LogP contribution in [0.1, 0.15) is 31.3 Å². The largest absolute Gasteiger partial charge is 0.344 e. The average Bonchev–Trinajstić information content (AvgIpc) is 2.73. The van der Waals surface area contributed by atoms with Crippen LogP contribution in [0.5, 0.6) is 0 Å². The van der Waals surface area contributed by atoms with E-state index in [0.717, 1.165) is 22.8 Å². The minimum absolute atomic E-state index is 0.356. The second-order valence-corrected chi connectivity index (χ2v) is 4.69. The molecule has 4 heteroatoms. The normalized spacial score (nSPS) is 11.1. The molecule has 2 aromatic rings. The molecule has 0 aliphatic rings. The Morgan fingerprint density at radius 3 is 2.65 bits per heavy atom. The lowest BCUT2D eigenvalue weighted by atomic mass is 10.0. The highest BCUT2D eigenvalue weighted by molar-refractivity contribution is 6.33. The molecule has 0 radical (unpaired) electrons. The first-order chi connectivity index (χ1) is 8.13. The van der Waals surface area contributed by atoms with Crippen molar-refractivity contribution in [1.29, 1.82) is 0 Å². The van der Waals surface area contributed by atoms with Gasteiger partial charge in [0.25, 0.3) is 0 Å². The molecule has 0 saturated carbocycles. The summed E-state index contributed by atoms with van der Waals surface area (Å²) in [5, 5.41) is 0.712. The van der Waals surface area contributed by atoms with Gasteiger partial charge in [0.15, 0.2) is 0 Å². The van der Waals surface area contributed by atoms with Crippen LogP contribution >= 0.6 is 11.6 Å². The summed E-state index contributed by atoms with van der Waals surface area (Å²) in [6.45, 7) is 4.65. The van der Waals surface area contributed by atoms with Gasteiger partial charge in [-0.15, -0.1) is 0 Å². The molecule has 17 heavy (non-hydrogen) atoms. The summed E-state index contributed by atoms with van der Waals surface area (Å²) in [5.74, 6) is 1.15. The number of halogens is 1. The third-order valence-corrected chi connectivity index (χ3v) is 3.01. The van der Waals surface area contributed by atoms with Crippen molar-refractivity contribution >= 4 is 11.6 Å². The van der Waals surface area contributed by atoms with Gasteiger partial charge in [0.1, 0.15) is 5.82 Å². The van der Waals surface area contributed by atoms with Crippen molar-refractivity contribution in [1.82, 2.24) is 9.97 Å². The minimum atomic E-state index is 0.356. The molecule has 0 amide bonds. The maximum Gasteiger partial charge on any atom is 0.120 e. The van der Waals surface area contributed by atoms with Gasteiger partial charge in [-0.05, 0) is 12.0 Å². The number of nitrogens with one attached hydrogen (secondary N) is 1. The van der Waals surface area contributed by atoms with E-state index in [-0.39, 0.29) is 0 Å². The zero-order chi connectivity index (χ0) is 12.4. The van der Waals surface area contributed by atoms with Crippen LogP contribution in [0.25, 0.3) is 11.3 Å². The molecular weight excluding hydrogens is 234 g/mol. The predicted molar refractivity (Wildman–Crippen MR) is 71.0 cm³/mol. The second-order valence-electron chi connectivity index (χ2n) is 4.28. The minimum Gasteiger partial charge on any atom is -0.344 e. The molecule has 0 atom stereocenters. The lowest BCUT2D eigenvalue weighted by molar-refractivity contribution is 0.822. The molecule has 1 aromatic carbocycles. The van der Waals surface area contributed by atoms with E-state index in [2.05, 4.69) is 23.8 Å². The summed E-state index contributed by atoms with van der Waals surface area (Å²) in [7, 11) is 0. The first-order valence-electron chi connectivity index (χ1n) is 5.67. The van der Waals surface area contributed by atoms with Crippen molar-refractivity contribution in [3.63, 3.8) is 0 Å². The Labute approximate surface area is 106 Å². The summed E-state index contributed by atoms with van der Waals surface area (Å²) in [5.41, 5.74) is 8.56. The van der Waals surface area contributed by atoms with Gasteiger partial charge in [0.05, 0.1) is 17.3 Å². The lowest BCUT2D eigenvalue weighted by Gasteiger charge is -2.07. The zero-order valence-electron chi connectivity index (χ0n) is 10.00. The van der Waals surface area contributed by atoms with Crippen LogP contribution in [0.3, 0.4) is 0 Å². The molecule has 0 bridgehead atoms. The van der Waals surface area contributed by atoms with Gasteiger partial charge in [0, 0.05) is 11.3 Å². The standard InChI is InChI=1S/C13H16ClN3/c1-8(2)12-13(17-11(7-15)16-12)9-5-3-4-6-10(9)14/h3-6,8H,7,15H2,1-2H3,(H,16,17). The van der Waals surface area contributed by atoms with Crippen LogP contribution in [-0.4, -0.2) is 9.97 Å². The van der Waals surface area contributed by atoms with Gasteiger partial charge < -0.3 is 10.7 Å². The second kappa shape index (κ2) is 4.90. The van der Waals surface area contributed by atoms with E-state index in [1.54, 1.807) is 0 Å². The maximum atomic E-state index is 6.20. The number of nitrogens with two attached hydrogens (primary N) is 1. The first-order valence-corrected chi connectivity index (χ1v) is 6.05. The fraction of sp³-hybridized carbons (Fsp3) is 0.308. The summed E-state index contributed by atoms with van der Waals surface area (Å²) in [4.78, 5) is 7.78. The number of rotatable bonds is 3. The quantitative estimate of drug-likeness (QED) is 0.877. The van der Waals surface area contributed by atoms with E-state index < -0.39 is 0 Å². The Morgan fingerprint density at radius 1 is 1.35 bits per heavy atom. The van der Waals surface area contributed by atoms with Gasteiger partial charge in [-0.3, -0.25) is 0 Å². The zero-order valence-corrected chi connectivity index (χ0v) is 10.8. The molecule has 90 valence electrons. The number of aromatic amines is 1. The summed E-state index contributed by atoms with van der Waals surface area (Å²) < 4.78 is 0. The Hall–Kier alpha value is -1.32. The van der Waals surface area contributed by atoms with Crippen LogP contribution in [0.2, 0.25) is 5.02 Å². The molecule has 0 saturated heterocycles. The molecule has 1 heterocycles. The van der Waals surface area contributed by atoms with Gasteiger partial charge in [-0.1, -0.05) is 43.6 Å². The SMILES string of the molecule is CC(C)c1[nH]c(CN)nc1-c1ccccc1Cl. The fourth-order valence-electron chi connectivity index (χ4n) is 1.81. The number of aromatic nitrogens is 2. The van der Waals surface area contributed by atoms with Gasteiger partial charge in [0.2, 0.25) is 0 Å². The number of benzene rings is 1. The van der Waals surface area contributed by atoms with Crippen molar-refractivity contribution in [3.8, 4) is 11.3 Å². The molecule has 0 spiro atoms. The van der Waals surface area contributed by atoms with E-state index in [4.69, 9.17) is 17.3 Å². The van der Waals surface area contributed by atoms with Crippen LogP contribution in [0.4, 0.5) is 0 Å². The highest BCUT2D eigenvalue weighted by Gasteiger charge is 2.16. The van der Waals surface area contributed by atoms with E-state index >= 15 is 0 Å². The van der Waals surface area contributed by atoms with Gasteiger partial charge in [-0.25, -0.2) is 4.98 Å². The van der Waals surface area contributed by atoms with Crippen molar-refractivity contribution in [2.45, 2.75) is 26.3 Å². The molecule has 0 aliphatic carbocycles. The van der Waals surface area contributed by atoms with Crippen LogP contribution in [0.15, 0.2) is 24.3 Å². The molecule has 1 aromatic heterocycles. The highest BCUT2D eigenvalue weighted by Crippen LogP contribution is 2.31. The first kappa shape index (κ1) is 12.1. The number of H-pyrrole nitrogens is 1. The van der Waals surface area contributed by atoms with Gasteiger partial charge in [-0.2, -0.15) is 0 Å². The molecule has 0 fully saturated rings. The Balaban J connectivity index is 2.58. The van der Waals surface area contributed by atoms with E-state index in [0.29, 0.717) is 17.5 Å². The average molecular weight is 250 g/mol. The summed E-state index contributed by atoms with van der Waals surface area (Å²) in [6, 6.07) is 7.72. The smallest absolute Gasteiger partial charge is 0.120 e. The Bertz CT molecular complexity index is 517. The van der Waals surface area contributed by atoms with Crippen LogP contribution in [-0.2, 0) is 6.54 Å². The third-order valence-electron chi connectivity index (χ3n) is 2.68. The molecule has 0 unspecified atom stereocenters. The van der Waals surface area contributed by atoms with E-state index in [1.807, 2.05) is 24.3 Å². The molecule has 3 nitrogen and oxygen atoms in total. The summed E-state index contributed by atoms with van der Waals surface area (Å²) >= 11 is 6.20. The summed E-state index contributed by atoms with van der Waals surface area (Å²) in [6.07, 6.45) is 0. The number of hydrogen-bond acceptors (Lipinski definition) is 2. The van der Waals surface area contributed by atoms with E-state index in [1.165, 1.54) is 0 Å². The number of nitrogens with zero attached hydrogens (tertiary/aromatic N) is 1. The lowest BCUT2D eigenvalue weighted by Crippen LogP contribution is -1.98.